The van der Waals surface area contributed by atoms with Crippen LogP contribution in [-0.4, -0.2) is 12.2 Å². The number of carbonyl (C=O) groups is 1. The number of esters is 1. The first-order valence-electron chi connectivity index (χ1n) is 8.39. The number of nitriles is 1. The van der Waals surface area contributed by atoms with E-state index in [1.54, 1.807) is 42.6 Å². The SMILES string of the molecule is N#Cc1ccc(N=Cc2ccc(C(=O)Oc3ccc(C(F)(F)F)cc3)cc2)cc1. The monoisotopic (exact) mass is 394 g/mol. The van der Waals surface area contributed by atoms with Crippen molar-refractivity contribution in [1.29, 1.82) is 5.26 Å². The van der Waals surface area contributed by atoms with E-state index in [4.69, 9.17) is 10.00 Å². The molecule has 0 N–H and O–H groups in total. The van der Waals surface area contributed by atoms with Gasteiger partial charge in [0.25, 0.3) is 0 Å². The Kier molecular flexibility index (Phi) is 5.74. The van der Waals surface area contributed by atoms with Crippen molar-refractivity contribution in [2.45, 2.75) is 6.18 Å². The third kappa shape index (κ3) is 5.30. The van der Waals surface area contributed by atoms with Crippen LogP contribution < -0.4 is 4.74 Å². The molecule has 4 nitrogen and oxygen atoms in total. The molecule has 29 heavy (non-hydrogen) atoms. The van der Waals surface area contributed by atoms with E-state index in [0.29, 0.717) is 11.3 Å². The van der Waals surface area contributed by atoms with Gasteiger partial charge in [0.15, 0.2) is 0 Å². The standard InChI is InChI=1S/C22H13F3N2O2/c23-22(24,25)18-7-11-20(12-8-18)29-21(28)17-5-1-16(2-6-17)14-27-19-9-3-15(13-26)4-10-19/h1-12,14H. The molecule has 7 heteroatoms. The molecule has 3 aromatic carbocycles. The maximum absolute atomic E-state index is 12.6. The van der Waals surface area contributed by atoms with Crippen molar-refractivity contribution in [3.05, 3.63) is 95.1 Å². The zero-order valence-corrected chi connectivity index (χ0v) is 14.9. The van der Waals surface area contributed by atoms with Gasteiger partial charge in [-0.2, -0.15) is 18.4 Å². The van der Waals surface area contributed by atoms with E-state index < -0.39 is 17.7 Å². The highest BCUT2D eigenvalue weighted by Gasteiger charge is 2.30. The summed E-state index contributed by atoms with van der Waals surface area (Å²) in [5.41, 5.74) is 1.39. The molecule has 0 saturated heterocycles. The van der Waals surface area contributed by atoms with Crippen LogP contribution in [0.25, 0.3) is 0 Å². The van der Waals surface area contributed by atoms with E-state index in [0.717, 1.165) is 29.8 Å². The fraction of sp³-hybridized carbons (Fsp3) is 0.0455. The third-order valence-corrected chi connectivity index (χ3v) is 3.90. The summed E-state index contributed by atoms with van der Waals surface area (Å²) in [4.78, 5) is 16.4. The normalized spacial score (nSPS) is 11.2. The second-order valence-corrected chi connectivity index (χ2v) is 5.95. The summed E-state index contributed by atoms with van der Waals surface area (Å²) < 4.78 is 42.8. The first-order valence-corrected chi connectivity index (χ1v) is 8.39. The molecule has 0 spiro atoms. The molecule has 3 rings (SSSR count). The zero-order valence-electron chi connectivity index (χ0n) is 14.9. The summed E-state index contributed by atoms with van der Waals surface area (Å²) in [5.74, 6) is -0.658. The van der Waals surface area contributed by atoms with Gasteiger partial charge < -0.3 is 4.74 Å². The van der Waals surface area contributed by atoms with Crippen molar-refractivity contribution in [2.24, 2.45) is 4.99 Å². The van der Waals surface area contributed by atoms with Gasteiger partial charge in [0.1, 0.15) is 5.75 Å². The van der Waals surface area contributed by atoms with Gasteiger partial charge in [0.05, 0.1) is 28.4 Å². The Labute approximate surface area is 164 Å². The lowest BCUT2D eigenvalue weighted by molar-refractivity contribution is -0.137. The van der Waals surface area contributed by atoms with Gasteiger partial charge in [0.2, 0.25) is 0 Å². The molecule has 3 aromatic rings. The number of alkyl halides is 3. The number of ether oxygens (including phenoxy) is 1. The average Bonchev–Trinajstić information content (AvgIpc) is 2.72. The number of halogens is 3. The summed E-state index contributed by atoms with van der Waals surface area (Å²) in [5, 5.41) is 8.77. The number of carbonyl (C=O) groups excluding carboxylic acids is 1. The molecule has 0 bridgehead atoms. The zero-order chi connectivity index (χ0) is 20.9. The van der Waals surface area contributed by atoms with Crippen molar-refractivity contribution in [1.82, 2.24) is 0 Å². The Morgan fingerprint density at radius 3 is 2.10 bits per heavy atom. The maximum atomic E-state index is 12.6. The van der Waals surface area contributed by atoms with Gasteiger partial charge >= 0.3 is 12.1 Å². The van der Waals surface area contributed by atoms with Gasteiger partial charge in [-0.3, -0.25) is 4.99 Å². The predicted molar refractivity (Wildman–Crippen MR) is 101 cm³/mol. The van der Waals surface area contributed by atoms with E-state index in [1.807, 2.05) is 6.07 Å². The largest absolute Gasteiger partial charge is 0.423 e. The van der Waals surface area contributed by atoms with Crippen LogP contribution >= 0.6 is 0 Å². The van der Waals surface area contributed by atoms with Crippen molar-refractivity contribution in [3.63, 3.8) is 0 Å². The van der Waals surface area contributed by atoms with E-state index in [1.165, 1.54) is 12.1 Å². The number of rotatable bonds is 4. The molecule has 0 radical (unpaired) electrons. The maximum Gasteiger partial charge on any atom is 0.416 e. The topological polar surface area (TPSA) is 62.5 Å². The number of hydrogen-bond acceptors (Lipinski definition) is 4. The lowest BCUT2D eigenvalue weighted by Crippen LogP contribution is -2.09. The molecule has 0 heterocycles. The Hall–Kier alpha value is -3.92. The summed E-state index contributed by atoms with van der Waals surface area (Å²) in [7, 11) is 0. The van der Waals surface area contributed by atoms with Gasteiger partial charge in [-0.15, -0.1) is 0 Å². The minimum absolute atomic E-state index is 0.0226. The molecular weight excluding hydrogens is 381 g/mol. The fourth-order valence-electron chi connectivity index (χ4n) is 2.35. The molecule has 0 unspecified atom stereocenters. The van der Waals surface area contributed by atoms with Crippen molar-refractivity contribution in [2.75, 3.05) is 0 Å². The Bertz CT molecular complexity index is 1060. The molecule has 0 aliphatic rings. The molecule has 0 aliphatic carbocycles. The highest BCUT2D eigenvalue weighted by molar-refractivity contribution is 5.92. The molecule has 0 fully saturated rings. The number of hydrogen-bond donors (Lipinski definition) is 0. The van der Waals surface area contributed by atoms with Crippen LogP contribution in [0.1, 0.15) is 27.0 Å². The highest BCUT2D eigenvalue weighted by atomic mass is 19.4. The van der Waals surface area contributed by atoms with Crippen molar-refractivity contribution < 1.29 is 22.7 Å². The summed E-state index contributed by atoms with van der Waals surface area (Å²) >= 11 is 0. The van der Waals surface area contributed by atoms with Crippen LogP contribution in [-0.2, 0) is 6.18 Å². The molecule has 0 amide bonds. The van der Waals surface area contributed by atoms with Crippen LogP contribution in [0.5, 0.6) is 5.75 Å². The smallest absolute Gasteiger partial charge is 0.416 e. The second-order valence-electron chi connectivity index (χ2n) is 5.95. The molecule has 0 atom stereocenters. The Balaban J connectivity index is 1.63. The lowest BCUT2D eigenvalue weighted by atomic mass is 10.1. The molecule has 0 aliphatic heterocycles. The van der Waals surface area contributed by atoms with Gasteiger partial charge in [-0.1, -0.05) is 12.1 Å². The van der Waals surface area contributed by atoms with Crippen LogP contribution in [0.4, 0.5) is 18.9 Å². The van der Waals surface area contributed by atoms with Crippen LogP contribution in [0, 0.1) is 11.3 Å². The first-order chi connectivity index (χ1) is 13.8. The van der Waals surface area contributed by atoms with Gasteiger partial charge in [-0.05, 0) is 66.2 Å². The fourth-order valence-corrected chi connectivity index (χ4v) is 2.35. The summed E-state index contributed by atoms with van der Waals surface area (Å²) in [6, 6.07) is 19.1. The number of nitrogens with zero attached hydrogens (tertiary/aromatic N) is 2. The highest BCUT2D eigenvalue weighted by Crippen LogP contribution is 2.30. The van der Waals surface area contributed by atoms with Crippen LogP contribution in [0.3, 0.4) is 0 Å². The number of benzene rings is 3. The Morgan fingerprint density at radius 2 is 1.55 bits per heavy atom. The predicted octanol–water partition coefficient (Wildman–Crippen LogP) is 5.55. The Morgan fingerprint density at radius 1 is 0.931 bits per heavy atom. The minimum atomic E-state index is -4.45. The van der Waals surface area contributed by atoms with Crippen molar-refractivity contribution in [3.8, 4) is 11.8 Å². The van der Waals surface area contributed by atoms with E-state index >= 15 is 0 Å². The van der Waals surface area contributed by atoms with Crippen LogP contribution in [0.2, 0.25) is 0 Å². The molecular formula is C22H13F3N2O2. The molecule has 0 aromatic heterocycles. The van der Waals surface area contributed by atoms with E-state index in [9.17, 15) is 18.0 Å². The average molecular weight is 394 g/mol. The minimum Gasteiger partial charge on any atom is -0.423 e. The molecule has 0 saturated carbocycles. The van der Waals surface area contributed by atoms with Gasteiger partial charge in [-0.25, -0.2) is 4.79 Å². The third-order valence-electron chi connectivity index (χ3n) is 3.90. The van der Waals surface area contributed by atoms with E-state index in [2.05, 4.69) is 4.99 Å². The number of aliphatic imine (C=N–C) groups is 1. The van der Waals surface area contributed by atoms with Gasteiger partial charge in [0, 0.05) is 6.21 Å². The first kappa shape index (κ1) is 19.8. The summed E-state index contributed by atoms with van der Waals surface area (Å²) in [6.45, 7) is 0. The second kappa shape index (κ2) is 8.40. The summed E-state index contributed by atoms with van der Waals surface area (Å²) in [6.07, 6.45) is -2.84. The quantitative estimate of drug-likeness (QED) is 0.331. The lowest BCUT2D eigenvalue weighted by Gasteiger charge is -2.08. The molecule has 144 valence electrons. The van der Waals surface area contributed by atoms with Crippen LogP contribution in [0.15, 0.2) is 77.8 Å². The van der Waals surface area contributed by atoms with Crippen molar-refractivity contribution >= 4 is 17.9 Å². The van der Waals surface area contributed by atoms with E-state index in [-0.39, 0.29) is 11.3 Å².